The van der Waals surface area contributed by atoms with Crippen molar-refractivity contribution in [2.24, 2.45) is 5.41 Å². The Kier molecular flexibility index (Phi) is 9.56. The van der Waals surface area contributed by atoms with Crippen molar-refractivity contribution in [2.75, 3.05) is 32.7 Å². The third-order valence-corrected chi connectivity index (χ3v) is 6.17. The van der Waals surface area contributed by atoms with Gasteiger partial charge in [0.15, 0.2) is 0 Å². The van der Waals surface area contributed by atoms with E-state index in [1.807, 2.05) is 17.0 Å². The predicted molar refractivity (Wildman–Crippen MR) is 117 cm³/mol. The highest BCUT2D eigenvalue weighted by molar-refractivity contribution is 5.94. The van der Waals surface area contributed by atoms with Crippen LogP contribution in [0.25, 0.3) is 0 Å². The average Bonchev–Trinajstić information content (AvgIpc) is 3.08. The number of hydrogen-bond donors (Lipinski definition) is 1. The summed E-state index contributed by atoms with van der Waals surface area (Å²) in [7, 11) is 0. The Hall–Kier alpha value is -0.810. The first-order valence-electron chi connectivity index (χ1n) is 9.86. The lowest BCUT2D eigenvalue weighted by molar-refractivity contribution is 0.0607. The first-order chi connectivity index (χ1) is 12.0. The normalized spacial score (nSPS) is 18.5. The third-order valence-electron chi connectivity index (χ3n) is 6.17. The van der Waals surface area contributed by atoms with Crippen LogP contribution < -0.4 is 5.32 Å². The van der Waals surface area contributed by atoms with Crippen molar-refractivity contribution in [3.63, 3.8) is 0 Å². The van der Waals surface area contributed by atoms with Gasteiger partial charge in [-0.2, -0.15) is 0 Å². The Balaban J connectivity index is 0.00000182. The number of amides is 1. The van der Waals surface area contributed by atoms with Crippen molar-refractivity contribution in [3.8, 4) is 0 Å². The van der Waals surface area contributed by atoms with Crippen molar-refractivity contribution in [1.29, 1.82) is 0 Å². The molecule has 1 amide bonds. The maximum atomic E-state index is 12.8. The number of likely N-dealkylation sites (tertiary alicyclic amines) is 1. The van der Waals surface area contributed by atoms with Crippen LogP contribution in [0.4, 0.5) is 0 Å². The molecule has 3 rings (SSSR count). The van der Waals surface area contributed by atoms with Gasteiger partial charge in [0, 0.05) is 37.8 Å². The second-order valence-corrected chi connectivity index (χ2v) is 8.07. The highest BCUT2D eigenvalue weighted by atomic mass is 35.5. The van der Waals surface area contributed by atoms with Gasteiger partial charge in [0.25, 0.3) is 5.91 Å². The van der Waals surface area contributed by atoms with Crippen LogP contribution in [0.1, 0.15) is 56.0 Å². The molecule has 6 heteroatoms. The lowest BCUT2D eigenvalue weighted by atomic mass is 9.78. The van der Waals surface area contributed by atoms with Crippen LogP contribution in [0.3, 0.4) is 0 Å². The van der Waals surface area contributed by atoms with Crippen LogP contribution >= 0.6 is 24.8 Å². The SMILES string of the molecule is CCN(Cc1ccc(C(=O)N2CCC3(CCNC3)CC2)cc1)C(C)C.Cl.Cl. The summed E-state index contributed by atoms with van der Waals surface area (Å²) in [6.45, 7) is 12.7. The van der Waals surface area contributed by atoms with Gasteiger partial charge in [-0.05, 0) is 69.3 Å². The summed E-state index contributed by atoms with van der Waals surface area (Å²) >= 11 is 0. The van der Waals surface area contributed by atoms with Crippen molar-refractivity contribution < 1.29 is 4.79 Å². The molecule has 2 aliphatic heterocycles. The summed E-state index contributed by atoms with van der Waals surface area (Å²) in [5, 5.41) is 3.49. The molecule has 0 radical (unpaired) electrons. The van der Waals surface area contributed by atoms with Gasteiger partial charge in [-0.3, -0.25) is 9.69 Å². The van der Waals surface area contributed by atoms with Gasteiger partial charge < -0.3 is 10.2 Å². The fraction of sp³-hybridized carbons (Fsp3) is 0.667. The van der Waals surface area contributed by atoms with E-state index >= 15 is 0 Å². The number of carbonyl (C=O) groups is 1. The van der Waals surface area contributed by atoms with Gasteiger partial charge >= 0.3 is 0 Å². The Morgan fingerprint density at radius 2 is 1.78 bits per heavy atom. The van der Waals surface area contributed by atoms with E-state index in [9.17, 15) is 4.79 Å². The molecule has 1 aromatic rings. The molecular weight excluding hydrogens is 381 g/mol. The molecule has 154 valence electrons. The Morgan fingerprint density at radius 1 is 1.15 bits per heavy atom. The topological polar surface area (TPSA) is 35.6 Å². The van der Waals surface area contributed by atoms with Crippen molar-refractivity contribution in [3.05, 3.63) is 35.4 Å². The smallest absolute Gasteiger partial charge is 0.253 e. The minimum absolute atomic E-state index is 0. The number of carbonyl (C=O) groups excluding carboxylic acids is 1. The summed E-state index contributed by atoms with van der Waals surface area (Å²) < 4.78 is 0. The molecule has 0 aromatic heterocycles. The summed E-state index contributed by atoms with van der Waals surface area (Å²) in [4.78, 5) is 17.3. The second kappa shape index (κ2) is 10.7. The van der Waals surface area contributed by atoms with E-state index < -0.39 is 0 Å². The van der Waals surface area contributed by atoms with Gasteiger partial charge in [0.1, 0.15) is 0 Å². The molecule has 2 heterocycles. The molecule has 0 bridgehead atoms. The first-order valence-corrected chi connectivity index (χ1v) is 9.86. The van der Waals surface area contributed by atoms with Crippen LogP contribution in [-0.2, 0) is 6.54 Å². The summed E-state index contributed by atoms with van der Waals surface area (Å²) in [5.41, 5.74) is 2.57. The minimum Gasteiger partial charge on any atom is -0.339 e. The number of nitrogens with zero attached hydrogens (tertiary/aromatic N) is 2. The zero-order chi connectivity index (χ0) is 17.9. The van der Waals surface area contributed by atoms with Crippen molar-refractivity contribution >= 4 is 30.7 Å². The molecular formula is C21H35Cl2N3O. The lowest BCUT2D eigenvalue weighted by Gasteiger charge is -2.39. The van der Waals surface area contributed by atoms with Gasteiger partial charge in [-0.1, -0.05) is 19.1 Å². The van der Waals surface area contributed by atoms with Crippen LogP contribution in [0.15, 0.2) is 24.3 Å². The number of halogens is 2. The fourth-order valence-electron chi connectivity index (χ4n) is 4.24. The third kappa shape index (κ3) is 5.83. The van der Waals surface area contributed by atoms with Crippen molar-refractivity contribution in [1.82, 2.24) is 15.1 Å². The maximum Gasteiger partial charge on any atom is 0.253 e. The lowest BCUT2D eigenvalue weighted by Crippen LogP contribution is -2.44. The largest absolute Gasteiger partial charge is 0.339 e. The minimum atomic E-state index is 0. The Bertz CT molecular complexity index is 576. The molecule has 0 saturated carbocycles. The van der Waals surface area contributed by atoms with Crippen LogP contribution in [-0.4, -0.2) is 54.5 Å². The van der Waals surface area contributed by atoms with Gasteiger partial charge in [-0.25, -0.2) is 0 Å². The van der Waals surface area contributed by atoms with E-state index in [1.165, 1.54) is 12.0 Å². The fourth-order valence-corrected chi connectivity index (χ4v) is 4.24. The summed E-state index contributed by atoms with van der Waals surface area (Å²) in [6, 6.07) is 8.78. The summed E-state index contributed by atoms with van der Waals surface area (Å²) in [6.07, 6.45) is 3.56. The quantitative estimate of drug-likeness (QED) is 0.789. The Morgan fingerprint density at radius 3 is 2.26 bits per heavy atom. The number of benzene rings is 1. The van der Waals surface area contributed by atoms with Gasteiger partial charge in [-0.15, -0.1) is 24.8 Å². The molecule has 2 fully saturated rings. The molecule has 1 aromatic carbocycles. The second-order valence-electron chi connectivity index (χ2n) is 8.07. The van der Waals surface area contributed by atoms with E-state index in [0.29, 0.717) is 11.5 Å². The average molecular weight is 416 g/mol. The zero-order valence-electron chi connectivity index (χ0n) is 16.9. The zero-order valence-corrected chi connectivity index (χ0v) is 18.5. The van der Waals surface area contributed by atoms with Gasteiger partial charge in [0.05, 0.1) is 0 Å². The predicted octanol–water partition coefficient (Wildman–Crippen LogP) is 3.98. The molecule has 2 saturated heterocycles. The molecule has 1 spiro atoms. The number of rotatable bonds is 5. The molecule has 0 aliphatic carbocycles. The van der Waals surface area contributed by atoms with Crippen LogP contribution in [0, 0.1) is 5.41 Å². The van der Waals surface area contributed by atoms with Gasteiger partial charge in [0.2, 0.25) is 0 Å². The Labute approximate surface area is 176 Å². The van der Waals surface area contributed by atoms with E-state index in [-0.39, 0.29) is 30.7 Å². The summed E-state index contributed by atoms with van der Waals surface area (Å²) in [5.74, 6) is 0.198. The van der Waals surface area contributed by atoms with Crippen molar-refractivity contribution in [2.45, 2.75) is 52.6 Å². The van der Waals surface area contributed by atoms with E-state index in [0.717, 1.165) is 57.7 Å². The maximum absolute atomic E-state index is 12.8. The monoisotopic (exact) mass is 415 g/mol. The number of hydrogen-bond acceptors (Lipinski definition) is 3. The highest BCUT2D eigenvalue weighted by Crippen LogP contribution is 2.37. The molecule has 2 aliphatic rings. The van der Waals surface area contributed by atoms with Crippen LogP contribution in [0.2, 0.25) is 0 Å². The highest BCUT2D eigenvalue weighted by Gasteiger charge is 2.38. The molecule has 0 atom stereocenters. The van der Waals surface area contributed by atoms with E-state index in [4.69, 9.17) is 0 Å². The number of piperidine rings is 1. The molecule has 0 unspecified atom stereocenters. The van der Waals surface area contributed by atoms with E-state index in [1.54, 1.807) is 0 Å². The number of nitrogens with one attached hydrogen (secondary N) is 1. The standard InChI is InChI=1S/C21H33N3O.2ClH/c1-4-23(17(2)3)15-18-5-7-19(8-6-18)20(25)24-13-10-21(11-14-24)9-12-22-16-21;;/h5-8,17,22H,4,9-16H2,1-3H3;2*1H. The van der Waals surface area contributed by atoms with E-state index in [2.05, 4.69) is 43.1 Å². The molecule has 27 heavy (non-hydrogen) atoms. The molecule has 4 nitrogen and oxygen atoms in total. The van der Waals surface area contributed by atoms with Crippen LogP contribution in [0.5, 0.6) is 0 Å². The molecule has 1 N–H and O–H groups in total. The first kappa shape index (κ1) is 24.2.